The number of fused-ring (bicyclic) bond motifs is 1. The van der Waals surface area contributed by atoms with Crippen LogP contribution < -0.4 is 9.80 Å². The Bertz CT molecular complexity index is 1220. The van der Waals surface area contributed by atoms with Crippen LogP contribution in [0.4, 0.5) is 11.8 Å². The summed E-state index contributed by atoms with van der Waals surface area (Å²) in [5.41, 5.74) is 2.70. The average molecular weight is 407 g/mol. The molecule has 0 saturated carbocycles. The van der Waals surface area contributed by atoms with Gasteiger partial charge in [-0.2, -0.15) is 10.4 Å². The summed E-state index contributed by atoms with van der Waals surface area (Å²) >= 11 is 0. The molecule has 1 saturated heterocycles. The topological polar surface area (TPSA) is 81.8 Å². The lowest BCUT2D eigenvalue weighted by molar-refractivity contribution is 0.632. The lowest BCUT2D eigenvalue weighted by Crippen LogP contribution is -2.47. The summed E-state index contributed by atoms with van der Waals surface area (Å²) in [6, 6.07) is 20.8. The minimum Gasteiger partial charge on any atom is -0.351 e. The lowest BCUT2D eigenvalue weighted by atomic mass is 10.0. The predicted octanol–water partition coefficient (Wildman–Crippen LogP) is 3.21. The van der Waals surface area contributed by atoms with E-state index in [1.165, 1.54) is 5.56 Å². The number of benzene rings is 2. The summed E-state index contributed by atoms with van der Waals surface area (Å²) < 4.78 is 0. The van der Waals surface area contributed by atoms with Gasteiger partial charge in [-0.15, -0.1) is 5.10 Å². The average Bonchev–Trinajstić information content (AvgIpc) is 2.85. The van der Waals surface area contributed by atoms with E-state index < -0.39 is 0 Å². The molecule has 0 unspecified atom stereocenters. The number of piperazine rings is 1. The molecule has 7 heteroatoms. The first kappa shape index (κ1) is 18.9. The monoisotopic (exact) mass is 407 g/mol. The van der Waals surface area contributed by atoms with Gasteiger partial charge in [-0.1, -0.05) is 54.6 Å². The van der Waals surface area contributed by atoms with Gasteiger partial charge < -0.3 is 9.80 Å². The van der Waals surface area contributed by atoms with Gasteiger partial charge in [-0.25, -0.2) is 9.97 Å². The van der Waals surface area contributed by atoms with E-state index >= 15 is 0 Å². The van der Waals surface area contributed by atoms with Crippen molar-refractivity contribution in [3.63, 3.8) is 0 Å². The highest BCUT2D eigenvalue weighted by atomic mass is 15.3. The SMILES string of the molecule is N#Cc1cnc(N2CCN(c3nnc(Cc4ccccc4)c4ccccc34)CC2)nc1. The van der Waals surface area contributed by atoms with Crippen molar-refractivity contribution in [3.05, 3.63) is 83.8 Å². The van der Waals surface area contributed by atoms with Gasteiger partial charge in [0.05, 0.1) is 23.7 Å². The zero-order valence-corrected chi connectivity index (χ0v) is 17.0. The molecule has 4 aromatic rings. The molecule has 0 N–H and O–H groups in total. The molecule has 0 spiro atoms. The van der Waals surface area contributed by atoms with Crippen LogP contribution in [0.2, 0.25) is 0 Å². The van der Waals surface area contributed by atoms with Crippen molar-refractivity contribution < 1.29 is 0 Å². The zero-order chi connectivity index (χ0) is 21.0. The molecule has 2 aromatic heterocycles. The standard InChI is InChI=1S/C24H21N7/c25-15-19-16-26-24(27-17-19)31-12-10-30(11-13-31)23-21-9-5-4-8-20(21)22(28-29-23)14-18-6-2-1-3-7-18/h1-9,16-17H,10-14H2. The highest BCUT2D eigenvalue weighted by Gasteiger charge is 2.22. The number of aromatic nitrogens is 4. The highest BCUT2D eigenvalue weighted by molar-refractivity contribution is 5.93. The number of hydrogen-bond acceptors (Lipinski definition) is 7. The van der Waals surface area contributed by atoms with Crippen LogP contribution in [-0.2, 0) is 6.42 Å². The highest BCUT2D eigenvalue weighted by Crippen LogP contribution is 2.28. The van der Waals surface area contributed by atoms with Crippen molar-refractivity contribution in [3.8, 4) is 6.07 Å². The fourth-order valence-electron chi connectivity index (χ4n) is 3.96. The van der Waals surface area contributed by atoms with Crippen molar-refractivity contribution in [1.82, 2.24) is 20.2 Å². The van der Waals surface area contributed by atoms with Crippen molar-refractivity contribution in [1.29, 1.82) is 5.26 Å². The predicted molar refractivity (Wildman–Crippen MR) is 120 cm³/mol. The van der Waals surface area contributed by atoms with Crippen molar-refractivity contribution in [2.24, 2.45) is 0 Å². The summed E-state index contributed by atoms with van der Waals surface area (Å²) in [7, 11) is 0. The number of nitrogens with zero attached hydrogens (tertiary/aromatic N) is 7. The molecule has 31 heavy (non-hydrogen) atoms. The molecule has 7 nitrogen and oxygen atoms in total. The zero-order valence-electron chi connectivity index (χ0n) is 17.0. The van der Waals surface area contributed by atoms with Crippen LogP contribution in [0.25, 0.3) is 10.8 Å². The Morgan fingerprint density at radius 2 is 1.42 bits per heavy atom. The second-order valence-corrected chi connectivity index (χ2v) is 7.54. The molecular formula is C24H21N7. The third-order valence-electron chi connectivity index (χ3n) is 5.59. The largest absolute Gasteiger partial charge is 0.351 e. The number of anilines is 2. The van der Waals surface area contributed by atoms with Gasteiger partial charge in [0.2, 0.25) is 5.95 Å². The van der Waals surface area contributed by atoms with Crippen molar-refractivity contribution in [2.75, 3.05) is 36.0 Å². The lowest BCUT2D eigenvalue weighted by Gasteiger charge is -2.35. The Labute approximate surface area is 180 Å². The molecule has 3 heterocycles. The first-order valence-electron chi connectivity index (χ1n) is 10.3. The van der Waals surface area contributed by atoms with Crippen molar-refractivity contribution >= 4 is 22.5 Å². The van der Waals surface area contributed by atoms with Crippen LogP contribution in [0.5, 0.6) is 0 Å². The summed E-state index contributed by atoms with van der Waals surface area (Å²) in [6.45, 7) is 3.18. The van der Waals surface area contributed by atoms with Crippen LogP contribution >= 0.6 is 0 Å². The van der Waals surface area contributed by atoms with Crippen LogP contribution in [-0.4, -0.2) is 46.3 Å². The molecule has 1 fully saturated rings. The fourth-order valence-corrected chi connectivity index (χ4v) is 3.96. The molecule has 152 valence electrons. The first-order chi connectivity index (χ1) is 15.3. The maximum atomic E-state index is 8.93. The Kier molecular flexibility index (Phi) is 5.11. The molecule has 2 aromatic carbocycles. The minimum atomic E-state index is 0.472. The third-order valence-corrected chi connectivity index (χ3v) is 5.59. The van der Waals surface area contributed by atoms with Crippen LogP contribution in [0.15, 0.2) is 67.0 Å². The first-order valence-corrected chi connectivity index (χ1v) is 10.3. The van der Waals surface area contributed by atoms with E-state index in [1.807, 2.05) is 6.07 Å². The Morgan fingerprint density at radius 1 is 0.774 bits per heavy atom. The Hall–Kier alpha value is -4.05. The number of rotatable bonds is 4. The van der Waals surface area contributed by atoms with Crippen LogP contribution in [0, 0.1) is 11.3 Å². The maximum Gasteiger partial charge on any atom is 0.225 e. The molecule has 0 amide bonds. The molecular weight excluding hydrogens is 386 g/mol. The summed E-state index contributed by atoms with van der Waals surface area (Å²) in [5, 5.41) is 20.5. The molecule has 1 aliphatic rings. The van der Waals surface area contributed by atoms with E-state index in [9.17, 15) is 0 Å². The van der Waals surface area contributed by atoms with Gasteiger partial charge in [0.15, 0.2) is 5.82 Å². The van der Waals surface area contributed by atoms with Gasteiger partial charge in [-0.05, 0) is 5.56 Å². The quantitative estimate of drug-likeness (QED) is 0.514. The van der Waals surface area contributed by atoms with Gasteiger partial charge in [0, 0.05) is 43.4 Å². The smallest absolute Gasteiger partial charge is 0.225 e. The van der Waals surface area contributed by atoms with E-state index in [2.05, 4.69) is 84.6 Å². The fraction of sp³-hybridized carbons (Fsp3) is 0.208. The Balaban J connectivity index is 1.37. The van der Waals surface area contributed by atoms with Crippen molar-refractivity contribution in [2.45, 2.75) is 6.42 Å². The summed E-state index contributed by atoms with van der Waals surface area (Å²) in [4.78, 5) is 13.1. The van der Waals surface area contributed by atoms with Gasteiger partial charge in [0.25, 0.3) is 0 Å². The minimum absolute atomic E-state index is 0.472. The van der Waals surface area contributed by atoms with Gasteiger partial charge >= 0.3 is 0 Å². The molecule has 1 aliphatic heterocycles. The molecule has 0 bridgehead atoms. The molecule has 0 aliphatic carbocycles. The maximum absolute atomic E-state index is 8.93. The van der Waals surface area contributed by atoms with E-state index in [0.717, 1.165) is 54.9 Å². The normalized spacial score (nSPS) is 13.9. The van der Waals surface area contributed by atoms with Gasteiger partial charge in [0.1, 0.15) is 6.07 Å². The van der Waals surface area contributed by atoms with E-state index in [4.69, 9.17) is 5.26 Å². The number of nitriles is 1. The molecule has 0 atom stereocenters. The second kappa shape index (κ2) is 8.36. The van der Waals surface area contributed by atoms with Crippen LogP contribution in [0.1, 0.15) is 16.8 Å². The van der Waals surface area contributed by atoms with Crippen LogP contribution in [0.3, 0.4) is 0 Å². The molecule has 0 radical (unpaired) electrons. The van der Waals surface area contributed by atoms with E-state index in [-0.39, 0.29) is 0 Å². The second-order valence-electron chi connectivity index (χ2n) is 7.54. The summed E-state index contributed by atoms with van der Waals surface area (Å²) in [6.07, 6.45) is 3.90. The van der Waals surface area contributed by atoms with E-state index in [1.54, 1.807) is 12.4 Å². The third kappa shape index (κ3) is 3.88. The molecule has 5 rings (SSSR count). The summed E-state index contributed by atoms with van der Waals surface area (Å²) in [5.74, 6) is 1.58. The van der Waals surface area contributed by atoms with E-state index in [0.29, 0.717) is 11.5 Å². The van der Waals surface area contributed by atoms with Gasteiger partial charge in [-0.3, -0.25) is 0 Å². The Morgan fingerprint density at radius 3 is 2.13 bits per heavy atom. The number of hydrogen-bond donors (Lipinski definition) is 0.